The SMILES string of the molecule is COc1cc2c(cc1-c1c(C)noc1C)[nH]c1nc(C)nc(Nc3cccc4ncsc34)c12. The maximum atomic E-state index is 5.78. The Hall–Kier alpha value is -3.98. The fourth-order valence-corrected chi connectivity index (χ4v) is 5.13. The van der Waals surface area contributed by atoms with E-state index in [2.05, 4.69) is 31.5 Å². The lowest BCUT2D eigenvalue weighted by Crippen LogP contribution is -1.98. The molecule has 33 heavy (non-hydrogen) atoms. The molecule has 9 heteroatoms. The smallest absolute Gasteiger partial charge is 0.144 e. The summed E-state index contributed by atoms with van der Waals surface area (Å²) in [7, 11) is 1.67. The number of anilines is 2. The molecule has 0 aliphatic carbocycles. The van der Waals surface area contributed by atoms with Gasteiger partial charge in [-0.25, -0.2) is 15.0 Å². The van der Waals surface area contributed by atoms with Crippen LogP contribution in [0.15, 0.2) is 40.4 Å². The molecule has 0 radical (unpaired) electrons. The van der Waals surface area contributed by atoms with Crippen molar-refractivity contribution in [2.24, 2.45) is 0 Å². The Morgan fingerprint density at radius 3 is 2.79 bits per heavy atom. The Labute approximate surface area is 192 Å². The fraction of sp³-hybridized carbons (Fsp3) is 0.167. The number of aromatic amines is 1. The third-order valence-corrected chi connectivity index (χ3v) is 6.67. The van der Waals surface area contributed by atoms with Crippen LogP contribution in [0.25, 0.3) is 43.3 Å². The molecule has 0 fully saturated rings. The number of ether oxygens (including phenoxy) is 1. The molecule has 6 rings (SSSR count). The first-order valence-electron chi connectivity index (χ1n) is 10.4. The predicted octanol–water partition coefficient (Wildman–Crippen LogP) is 6.05. The zero-order chi connectivity index (χ0) is 22.7. The van der Waals surface area contributed by atoms with E-state index < -0.39 is 0 Å². The highest BCUT2D eigenvalue weighted by molar-refractivity contribution is 7.17. The van der Waals surface area contributed by atoms with Crippen LogP contribution in [-0.2, 0) is 0 Å². The number of nitrogens with zero attached hydrogens (tertiary/aromatic N) is 4. The summed E-state index contributed by atoms with van der Waals surface area (Å²) in [4.78, 5) is 17.3. The summed E-state index contributed by atoms with van der Waals surface area (Å²) in [6.07, 6.45) is 0. The van der Waals surface area contributed by atoms with E-state index in [0.29, 0.717) is 5.82 Å². The summed E-state index contributed by atoms with van der Waals surface area (Å²) < 4.78 is 12.3. The second kappa shape index (κ2) is 7.28. The van der Waals surface area contributed by atoms with E-state index in [-0.39, 0.29) is 0 Å². The first-order valence-corrected chi connectivity index (χ1v) is 11.3. The molecule has 0 saturated carbocycles. The van der Waals surface area contributed by atoms with Gasteiger partial charge in [0.25, 0.3) is 0 Å². The highest BCUT2D eigenvalue weighted by Crippen LogP contribution is 2.41. The first kappa shape index (κ1) is 19.7. The number of aryl methyl sites for hydroxylation is 3. The molecule has 164 valence electrons. The molecular weight excluding hydrogens is 436 g/mol. The summed E-state index contributed by atoms with van der Waals surface area (Å²) in [5, 5.41) is 9.51. The van der Waals surface area contributed by atoms with Crippen molar-refractivity contribution in [3.8, 4) is 16.9 Å². The summed E-state index contributed by atoms with van der Waals surface area (Å²) in [6.45, 7) is 5.72. The van der Waals surface area contributed by atoms with E-state index in [1.54, 1.807) is 18.4 Å². The lowest BCUT2D eigenvalue weighted by molar-refractivity contribution is 0.393. The van der Waals surface area contributed by atoms with Crippen LogP contribution in [0.5, 0.6) is 5.75 Å². The van der Waals surface area contributed by atoms with E-state index in [1.807, 2.05) is 50.5 Å². The molecular formula is C24H20N6O2S. The lowest BCUT2D eigenvalue weighted by Gasteiger charge is -2.10. The quantitative estimate of drug-likeness (QED) is 0.333. The van der Waals surface area contributed by atoms with Crippen LogP contribution in [0.3, 0.4) is 0 Å². The zero-order valence-electron chi connectivity index (χ0n) is 18.5. The van der Waals surface area contributed by atoms with Crippen molar-refractivity contribution in [3.63, 3.8) is 0 Å². The van der Waals surface area contributed by atoms with Crippen LogP contribution in [0.1, 0.15) is 17.3 Å². The highest BCUT2D eigenvalue weighted by Gasteiger charge is 2.21. The van der Waals surface area contributed by atoms with Gasteiger partial charge in [0, 0.05) is 16.5 Å². The van der Waals surface area contributed by atoms with Crippen LogP contribution >= 0.6 is 11.3 Å². The second-order valence-corrected chi connectivity index (χ2v) is 8.75. The third-order valence-electron chi connectivity index (χ3n) is 5.80. The van der Waals surface area contributed by atoms with Crippen molar-refractivity contribution in [1.82, 2.24) is 25.1 Å². The minimum absolute atomic E-state index is 0.672. The van der Waals surface area contributed by atoms with Crippen LogP contribution in [0.4, 0.5) is 11.5 Å². The largest absolute Gasteiger partial charge is 0.496 e. The zero-order valence-corrected chi connectivity index (χ0v) is 19.3. The minimum atomic E-state index is 0.672. The van der Waals surface area contributed by atoms with Crippen LogP contribution < -0.4 is 10.1 Å². The number of fused-ring (bicyclic) bond motifs is 4. The molecule has 0 bridgehead atoms. The van der Waals surface area contributed by atoms with Crippen molar-refractivity contribution >= 4 is 55.0 Å². The van der Waals surface area contributed by atoms with Gasteiger partial charge < -0.3 is 19.6 Å². The normalized spacial score (nSPS) is 11.6. The van der Waals surface area contributed by atoms with Crippen molar-refractivity contribution in [2.45, 2.75) is 20.8 Å². The van der Waals surface area contributed by atoms with Crippen molar-refractivity contribution in [2.75, 3.05) is 12.4 Å². The highest BCUT2D eigenvalue weighted by atomic mass is 32.1. The Morgan fingerprint density at radius 1 is 1.12 bits per heavy atom. The summed E-state index contributed by atoms with van der Waals surface area (Å²) in [5.41, 5.74) is 8.13. The van der Waals surface area contributed by atoms with Gasteiger partial charge in [0.1, 0.15) is 28.8 Å². The molecule has 4 heterocycles. The summed E-state index contributed by atoms with van der Waals surface area (Å²) in [5.74, 6) is 2.88. The van der Waals surface area contributed by atoms with Crippen LogP contribution in [-0.4, -0.2) is 32.2 Å². The molecule has 0 saturated heterocycles. The average molecular weight is 457 g/mol. The molecule has 2 N–H and O–H groups in total. The van der Waals surface area contributed by atoms with E-state index in [1.165, 1.54) is 0 Å². The molecule has 0 unspecified atom stereocenters. The number of thiazole rings is 1. The van der Waals surface area contributed by atoms with Gasteiger partial charge in [-0.15, -0.1) is 11.3 Å². The van der Waals surface area contributed by atoms with Gasteiger partial charge in [-0.2, -0.15) is 0 Å². The second-order valence-electron chi connectivity index (χ2n) is 7.90. The Morgan fingerprint density at radius 2 is 2.00 bits per heavy atom. The number of benzene rings is 2. The van der Waals surface area contributed by atoms with Gasteiger partial charge in [-0.05, 0) is 45.0 Å². The standard InChI is InChI=1S/C24H20N6O2S/c1-11-20(12(2)32-30-11)15-8-18-14(9-19(15)31-4)21-23(26-13(3)27-24(21)29-18)28-17-7-5-6-16-22(17)33-10-25-16/h5-10H,1-4H3,(H2,26,27,28,29). The summed E-state index contributed by atoms with van der Waals surface area (Å²) in [6, 6.07) is 10.1. The van der Waals surface area contributed by atoms with Gasteiger partial charge in [-0.3, -0.25) is 0 Å². The van der Waals surface area contributed by atoms with Gasteiger partial charge >= 0.3 is 0 Å². The molecule has 8 nitrogen and oxygen atoms in total. The number of hydrogen-bond donors (Lipinski definition) is 2. The molecule has 0 spiro atoms. The summed E-state index contributed by atoms with van der Waals surface area (Å²) >= 11 is 1.60. The lowest BCUT2D eigenvalue weighted by atomic mass is 10.0. The number of methoxy groups -OCH3 is 1. The molecule has 0 aliphatic heterocycles. The molecule has 0 aliphatic rings. The number of nitrogens with one attached hydrogen (secondary N) is 2. The number of rotatable bonds is 4. The minimum Gasteiger partial charge on any atom is -0.496 e. The van der Waals surface area contributed by atoms with Gasteiger partial charge in [-0.1, -0.05) is 11.2 Å². The molecule has 6 aromatic rings. The van der Waals surface area contributed by atoms with E-state index in [4.69, 9.17) is 14.2 Å². The van der Waals surface area contributed by atoms with Gasteiger partial charge in [0.05, 0.1) is 45.2 Å². The Bertz CT molecular complexity index is 1660. The van der Waals surface area contributed by atoms with Gasteiger partial charge in [0.2, 0.25) is 0 Å². The molecule has 0 atom stereocenters. The predicted molar refractivity (Wildman–Crippen MR) is 131 cm³/mol. The number of hydrogen-bond acceptors (Lipinski definition) is 8. The maximum absolute atomic E-state index is 5.78. The van der Waals surface area contributed by atoms with Gasteiger partial charge in [0.15, 0.2) is 0 Å². The molecule has 0 amide bonds. The van der Waals surface area contributed by atoms with E-state index in [9.17, 15) is 0 Å². The first-order chi connectivity index (χ1) is 16.0. The van der Waals surface area contributed by atoms with Crippen molar-refractivity contribution in [3.05, 3.63) is 53.1 Å². The molecule has 2 aromatic carbocycles. The molecule has 4 aromatic heterocycles. The topological polar surface area (TPSA) is 102 Å². The van der Waals surface area contributed by atoms with Crippen molar-refractivity contribution in [1.29, 1.82) is 0 Å². The third kappa shape index (κ3) is 3.04. The van der Waals surface area contributed by atoms with Crippen LogP contribution in [0.2, 0.25) is 0 Å². The maximum Gasteiger partial charge on any atom is 0.144 e. The average Bonchev–Trinajstić information content (AvgIpc) is 3.49. The monoisotopic (exact) mass is 456 g/mol. The Kier molecular flexibility index (Phi) is 4.34. The van der Waals surface area contributed by atoms with E-state index in [0.717, 1.165) is 72.0 Å². The number of H-pyrrole nitrogens is 1. The van der Waals surface area contributed by atoms with Crippen molar-refractivity contribution < 1.29 is 9.26 Å². The fourth-order valence-electron chi connectivity index (χ4n) is 4.37. The Balaban J connectivity index is 1.60. The number of aromatic nitrogens is 5. The van der Waals surface area contributed by atoms with E-state index >= 15 is 0 Å². The van der Waals surface area contributed by atoms with Crippen LogP contribution in [0, 0.1) is 20.8 Å².